The maximum atomic E-state index is 9.99. The molecule has 0 radical (unpaired) electrons. The van der Waals surface area contributed by atoms with Gasteiger partial charge in [0, 0.05) is 31.6 Å². The summed E-state index contributed by atoms with van der Waals surface area (Å²) in [5.41, 5.74) is 5.80. The average Bonchev–Trinajstić information content (AvgIpc) is 2.99. The first-order chi connectivity index (χ1) is 9.67. The Balaban J connectivity index is 1.75. The van der Waals surface area contributed by atoms with Gasteiger partial charge in [-0.2, -0.15) is 9.97 Å². The van der Waals surface area contributed by atoms with E-state index < -0.39 is 0 Å². The number of nitrogens with zero attached hydrogens (tertiary/aromatic N) is 3. The number of anilines is 3. The number of aliphatic hydroxyl groups is 1. The highest BCUT2D eigenvalue weighted by Crippen LogP contribution is 2.39. The summed E-state index contributed by atoms with van der Waals surface area (Å²) in [6.07, 6.45) is 2.95. The summed E-state index contributed by atoms with van der Waals surface area (Å²) < 4.78 is 0. The maximum absolute atomic E-state index is 9.99. The van der Waals surface area contributed by atoms with Gasteiger partial charge in [-0.25, -0.2) is 0 Å². The number of nitrogen functional groups attached to an aromatic ring is 1. The van der Waals surface area contributed by atoms with Gasteiger partial charge in [-0.15, -0.1) is 0 Å². The van der Waals surface area contributed by atoms with Gasteiger partial charge < -0.3 is 21.1 Å². The van der Waals surface area contributed by atoms with Gasteiger partial charge in [0.25, 0.3) is 0 Å². The maximum Gasteiger partial charge on any atom is 0.223 e. The van der Waals surface area contributed by atoms with Crippen LogP contribution in [0, 0.1) is 11.8 Å². The third-order valence-corrected chi connectivity index (χ3v) is 4.43. The topological polar surface area (TPSA) is 87.3 Å². The second kappa shape index (κ2) is 5.44. The molecule has 2 fully saturated rings. The van der Waals surface area contributed by atoms with Crippen molar-refractivity contribution in [2.75, 3.05) is 35.6 Å². The van der Waals surface area contributed by atoms with Crippen LogP contribution in [0.5, 0.6) is 0 Å². The standard InChI is InChI=1S/C14H23N5O/c1-2-5-16-12-6-13(18-14(15)17-12)19-7-9-3-4-11(20)10(9)8-19/h6,9-11,20H,2-5,7-8H2,1H3,(H3,15,16,17,18). The van der Waals surface area contributed by atoms with E-state index in [1.165, 1.54) is 0 Å². The highest BCUT2D eigenvalue weighted by Gasteiger charge is 2.42. The largest absolute Gasteiger partial charge is 0.393 e. The summed E-state index contributed by atoms with van der Waals surface area (Å²) in [5.74, 6) is 2.94. The van der Waals surface area contributed by atoms with Crippen molar-refractivity contribution >= 4 is 17.6 Å². The molecule has 6 nitrogen and oxygen atoms in total. The molecule has 0 amide bonds. The molecule has 1 saturated heterocycles. The zero-order valence-electron chi connectivity index (χ0n) is 11.9. The van der Waals surface area contributed by atoms with E-state index in [0.29, 0.717) is 17.8 Å². The minimum atomic E-state index is -0.151. The van der Waals surface area contributed by atoms with E-state index in [2.05, 4.69) is 27.1 Å². The van der Waals surface area contributed by atoms with Gasteiger partial charge in [0.1, 0.15) is 11.6 Å². The van der Waals surface area contributed by atoms with Gasteiger partial charge in [-0.3, -0.25) is 0 Å². The molecular weight excluding hydrogens is 254 g/mol. The fraction of sp³-hybridized carbons (Fsp3) is 0.714. The molecule has 3 atom stereocenters. The zero-order chi connectivity index (χ0) is 14.1. The van der Waals surface area contributed by atoms with E-state index in [0.717, 1.165) is 50.5 Å². The van der Waals surface area contributed by atoms with Gasteiger partial charge in [0.15, 0.2) is 0 Å². The van der Waals surface area contributed by atoms with Crippen molar-refractivity contribution in [2.45, 2.75) is 32.3 Å². The fourth-order valence-electron chi connectivity index (χ4n) is 3.38. The Morgan fingerprint density at radius 3 is 3.00 bits per heavy atom. The SMILES string of the molecule is CCCNc1cc(N2CC3CCC(O)C3C2)nc(N)n1. The summed E-state index contributed by atoms with van der Waals surface area (Å²) in [7, 11) is 0. The summed E-state index contributed by atoms with van der Waals surface area (Å²) in [6.45, 7) is 4.82. The normalized spacial score (nSPS) is 28.7. The molecule has 1 aliphatic carbocycles. The van der Waals surface area contributed by atoms with Gasteiger partial charge in [0.2, 0.25) is 5.95 Å². The summed E-state index contributed by atoms with van der Waals surface area (Å²) in [6, 6.07) is 1.96. The van der Waals surface area contributed by atoms with Crippen LogP contribution in [-0.2, 0) is 0 Å². The highest BCUT2D eigenvalue weighted by molar-refractivity contribution is 5.53. The summed E-state index contributed by atoms with van der Waals surface area (Å²) in [4.78, 5) is 10.8. The Morgan fingerprint density at radius 2 is 2.25 bits per heavy atom. The predicted molar refractivity (Wildman–Crippen MR) is 79.7 cm³/mol. The van der Waals surface area contributed by atoms with Crippen molar-refractivity contribution in [1.82, 2.24) is 9.97 Å². The predicted octanol–water partition coefficient (Wildman–Crippen LogP) is 1.09. The molecule has 1 saturated carbocycles. The molecule has 3 rings (SSSR count). The quantitative estimate of drug-likeness (QED) is 0.763. The van der Waals surface area contributed by atoms with E-state index >= 15 is 0 Å². The number of hydrogen-bond donors (Lipinski definition) is 3. The van der Waals surface area contributed by atoms with Crippen LogP contribution >= 0.6 is 0 Å². The van der Waals surface area contributed by atoms with Crippen LogP contribution in [0.1, 0.15) is 26.2 Å². The second-order valence-electron chi connectivity index (χ2n) is 5.87. The van der Waals surface area contributed by atoms with Gasteiger partial charge >= 0.3 is 0 Å². The Bertz CT molecular complexity index is 481. The molecule has 3 unspecified atom stereocenters. The van der Waals surface area contributed by atoms with Crippen molar-refractivity contribution in [2.24, 2.45) is 11.8 Å². The van der Waals surface area contributed by atoms with Crippen molar-refractivity contribution in [3.63, 3.8) is 0 Å². The van der Waals surface area contributed by atoms with Crippen LogP contribution in [-0.4, -0.2) is 40.8 Å². The molecule has 4 N–H and O–H groups in total. The fourth-order valence-corrected chi connectivity index (χ4v) is 3.38. The Morgan fingerprint density at radius 1 is 1.40 bits per heavy atom. The number of aromatic nitrogens is 2. The zero-order valence-corrected chi connectivity index (χ0v) is 11.9. The minimum Gasteiger partial charge on any atom is -0.393 e. The van der Waals surface area contributed by atoms with Crippen LogP contribution in [0.15, 0.2) is 6.07 Å². The number of aliphatic hydroxyl groups excluding tert-OH is 1. The minimum absolute atomic E-state index is 0.151. The molecule has 6 heteroatoms. The lowest BCUT2D eigenvalue weighted by molar-refractivity contribution is 0.133. The lowest BCUT2D eigenvalue weighted by Crippen LogP contribution is -2.25. The van der Waals surface area contributed by atoms with E-state index in [1.54, 1.807) is 0 Å². The van der Waals surface area contributed by atoms with Crippen molar-refractivity contribution in [3.8, 4) is 0 Å². The van der Waals surface area contributed by atoms with Crippen LogP contribution in [0.4, 0.5) is 17.6 Å². The van der Waals surface area contributed by atoms with Crippen LogP contribution in [0.25, 0.3) is 0 Å². The lowest BCUT2D eigenvalue weighted by Gasteiger charge is -2.20. The second-order valence-corrected chi connectivity index (χ2v) is 5.87. The first-order valence-electron chi connectivity index (χ1n) is 7.49. The number of nitrogens with two attached hydrogens (primary N) is 1. The molecule has 20 heavy (non-hydrogen) atoms. The van der Waals surface area contributed by atoms with Crippen molar-refractivity contribution in [1.29, 1.82) is 0 Å². The Kier molecular flexibility index (Phi) is 3.65. The molecule has 1 aromatic heterocycles. The smallest absolute Gasteiger partial charge is 0.223 e. The molecule has 2 heterocycles. The monoisotopic (exact) mass is 277 g/mol. The van der Waals surface area contributed by atoms with E-state index in [4.69, 9.17) is 5.73 Å². The van der Waals surface area contributed by atoms with Gasteiger partial charge in [-0.05, 0) is 25.2 Å². The first-order valence-corrected chi connectivity index (χ1v) is 7.49. The average molecular weight is 277 g/mol. The van der Waals surface area contributed by atoms with E-state index in [9.17, 15) is 5.11 Å². The molecular formula is C14H23N5O. The number of rotatable bonds is 4. The van der Waals surface area contributed by atoms with Crippen LogP contribution in [0.3, 0.4) is 0 Å². The summed E-state index contributed by atoms with van der Waals surface area (Å²) in [5, 5.41) is 13.2. The highest BCUT2D eigenvalue weighted by atomic mass is 16.3. The van der Waals surface area contributed by atoms with Crippen molar-refractivity contribution < 1.29 is 5.11 Å². The molecule has 1 aromatic rings. The number of hydrogen-bond acceptors (Lipinski definition) is 6. The van der Waals surface area contributed by atoms with E-state index in [-0.39, 0.29) is 6.10 Å². The molecule has 0 bridgehead atoms. The summed E-state index contributed by atoms with van der Waals surface area (Å²) >= 11 is 0. The van der Waals surface area contributed by atoms with Crippen molar-refractivity contribution in [3.05, 3.63) is 6.07 Å². The molecule has 2 aliphatic rings. The third kappa shape index (κ3) is 2.52. The Hall–Kier alpha value is -1.56. The number of nitrogens with one attached hydrogen (secondary N) is 1. The van der Waals surface area contributed by atoms with Gasteiger partial charge in [-0.1, -0.05) is 6.92 Å². The van der Waals surface area contributed by atoms with Crippen LogP contribution < -0.4 is 16.0 Å². The molecule has 0 spiro atoms. The van der Waals surface area contributed by atoms with Crippen LogP contribution in [0.2, 0.25) is 0 Å². The third-order valence-electron chi connectivity index (χ3n) is 4.43. The molecule has 1 aliphatic heterocycles. The van der Waals surface area contributed by atoms with E-state index in [1.807, 2.05) is 6.07 Å². The Labute approximate surface area is 119 Å². The lowest BCUT2D eigenvalue weighted by atomic mass is 10.00. The number of fused-ring (bicyclic) bond motifs is 1. The first kappa shape index (κ1) is 13.4. The van der Waals surface area contributed by atoms with Gasteiger partial charge in [0.05, 0.1) is 6.10 Å². The molecule has 0 aromatic carbocycles. The molecule has 110 valence electrons.